The van der Waals surface area contributed by atoms with Crippen LogP contribution in [0.1, 0.15) is 58.8 Å². The van der Waals surface area contributed by atoms with Crippen LogP contribution in [0.25, 0.3) is 0 Å². The Balaban J connectivity index is 3.92. The second-order valence-corrected chi connectivity index (χ2v) is 5.10. The minimum absolute atomic E-state index is 0.153. The fraction of sp³-hybridized carbons (Fsp3) is 0.800. The first-order valence-corrected chi connectivity index (χ1v) is 7.36. The second-order valence-electron chi connectivity index (χ2n) is 5.10. The number of hydrogen-bond donors (Lipinski definition) is 1. The van der Waals surface area contributed by atoms with Gasteiger partial charge in [-0.05, 0) is 32.3 Å². The number of aliphatic hydroxyl groups is 1. The maximum Gasteiger partial charge on any atom is 0.389 e. The minimum Gasteiger partial charge on any atom is -0.516 e. The Bertz CT molecular complexity index is 325. The quantitative estimate of drug-likeness (QED) is 0.354. The third-order valence-electron chi connectivity index (χ3n) is 3.28. The van der Waals surface area contributed by atoms with Crippen LogP contribution in [-0.4, -0.2) is 23.9 Å². The summed E-state index contributed by atoms with van der Waals surface area (Å²) in [4.78, 5) is 11.7. The summed E-state index contributed by atoms with van der Waals surface area (Å²) in [5.41, 5.74) is 0.547. The Labute approximate surface area is 124 Å². The lowest BCUT2D eigenvalue weighted by atomic mass is 9.94. The molecule has 1 unspecified atom stereocenters. The number of hydrogen-bond acceptors (Lipinski definition) is 3. The summed E-state index contributed by atoms with van der Waals surface area (Å²) >= 11 is 0. The zero-order chi connectivity index (χ0) is 16.3. The summed E-state index contributed by atoms with van der Waals surface area (Å²) in [5, 5.41) is 8.99. The van der Waals surface area contributed by atoms with Crippen LogP contribution in [0.3, 0.4) is 0 Å². The molecular weight excluding hydrogens is 285 g/mol. The van der Waals surface area contributed by atoms with Crippen molar-refractivity contribution in [3.63, 3.8) is 0 Å². The minimum atomic E-state index is -4.07. The molecular formula is C15H25F3O3. The third-order valence-corrected chi connectivity index (χ3v) is 3.28. The van der Waals surface area contributed by atoms with Crippen molar-refractivity contribution in [2.75, 3.05) is 6.61 Å². The molecule has 0 aliphatic carbocycles. The van der Waals surface area contributed by atoms with E-state index in [2.05, 4.69) is 0 Å². The molecule has 0 aromatic heterocycles. The summed E-state index contributed by atoms with van der Waals surface area (Å²) in [7, 11) is 0. The molecule has 0 spiro atoms. The standard InChI is InChI=1S/C15H25F3O3/c1-3-21-14(20)13(12(2)11-19)9-7-5-4-6-8-10-15(16,17)18/h11,13,19H,3-10H2,1-2H3. The molecule has 0 radical (unpaired) electrons. The zero-order valence-corrected chi connectivity index (χ0v) is 12.7. The molecule has 0 aliphatic heterocycles. The van der Waals surface area contributed by atoms with Gasteiger partial charge in [0.1, 0.15) is 0 Å². The Morgan fingerprint density at radius 3 is 2.29 bits per heavy atom. The molecule has 0 saturated carbocycles. The number of alkyl halides is 3. The van der Waals surface area contributed by atoms with Crippen molar-refractivity contribution in [2.45, 2.75) is 65.0 Å². The van der Waals surface area contributed by atoms with Crippen LogP contribution in [0.5, 0.6) is 0 Å². The van der Waals surface area contributed by atoms with Gasteiger partial charge in [-0.3, -0.25) is 4.79 Å². The van der Waals surface area contributed by atoms with Gasteiger partial charge in [0.05, 0.1) is 18.8 Å². The average Bonchev–Trinajstić information content (AvgIpc) is 2.40. The Hall–Kier alpha value is -1.20. The van der Waals surface area contributed by atoms with Crippen molar-refractivity contribution in [1.29, 1.82) is 0 Å². The molecule has 0 bridgehead atoms. The van der Waals surface area contributed by atoms with Crippen LogP contribution in [-0.2, 0) is 9.53 Å². The summed E-state index contributed by atoms with van der Waals surface area (Å²) in [6.07, 6.45) is -0.450. The molecule has 0 rings (SSSR count). The normalized spacial score (nSPS) is 14.0. The Kier molecular flexibility index (Phi) is 9.91. The van der Waals surface area contributed by atoms with E-state index in [0.717, 1.165) is 19.1 Å². The van der Waals surface area contributed by atoms with E-state index in [9.17, 15) is 18.0 Å². The number of halogens is 3. The fourth-order valence-corrected chi connectivity index (χ4v) is 2.07. The van der Waals surface area contributed by atoms with Gasteiger partial charge in [-0.25, -0.2) is 0 Å². The lowest BCUT2D eigenvalue weighted by Gasteiger charge is -2.15. The van der Waals surface area contributed by atoms with Gasteiger partial charge < -0.3 is 9.84 Å². The maximum atomic E-state index is 11.9. The van der Waals surface area contributed by atoms with E-state index in [0.29, 0.717) is 24.8 Å². The Morgan fingerprint density at radius 2 is 1.76 bits per heavy atom. The van der Waals surface area contributed by atoms with E-state index >= 15 is 0 Å². The predicted octanol–water partition coefficient (Wildman–Crippen LogP) is 4.92. The van der Waals surface area contributed by atoms with E-state index in [1.807, 2.05) is 0 Å². The molecule has 0 aromatic rings. The van der Waals surface area contributed by atoms with E-state index in [-0.39, 0.29) is 19.0 Å². The van der Waals surface area contributed by atoms with Crippen molar-refractivity contribution in [1.82, 2.24) is 0 Å². The molecule has 0 fully saturated rings. The smallest absolute Gasteiger partial charge is 0.389 e. The van der Waals surface area contributed by atoms with Crippen LogP contribution >= 0.6 is 0 Å². The van der Waals surface area contributed by atoms with Crippen LogP contribution in [0.2, 0.25) is 0 Å². The largest absolute Gasteiger partial charge is 0.516 e. The molecule has 3 nitrogen and oxygen atoms in total. The number of unbranched alkanes of at least 4 members (excludes halogenated alkanes) is 4. The first kappa shape index (κ1) is 19.8. The van der Waals surface area contributed by atoms with Gasteiger partial charge in [-0.2, -0.15) is 13.2 Å². The molecule has 124 valence electrons. The highest BCUT2D eigenvalue weighted by molar-refractivity contribution is 5.75. The highest BCUT2D eigenvalue weighted by atomic mass is 19.4. The summed E-state index contributed by atoms with van der Waals surface area (Å²) < 4.78 is 40.8. The second kappa shape index (κ2) is 10.5. The third kappa shape index (κ3) is 10.2. The van der Waals surface area contributed by atoms with Gasteiger partial charge in [0.2, 0.25) is 0 Å². The van der Waals surface area contributed by atoms with E-state index in [4.69, 9.17) is 9.84 Å². The molecule has 1 N–H and O–H groups in total. The SMILES string of the molecule is CCOC(=O)C(CCCCCCCC(F)(F)F)C(C)=CO. The monoisotopic (exact) mass is 310 g/mol. The molecule has 0 amide bonds. The molecule has 0 aliphatic rings. The van der Waals surface area contributed by atoms with Crippen LogP contribution < -0.4 is 0 Å². The zero-order valence-electron chi connectivity index (χ0n) is 12.7. The lowest BCUT2D eigenvalue weighted by molar-refractivity contribution is -0.147. The van der Waals surface area contributed by atoms with Gasteiger partial charge in [0.15, 0.2) is 0 Å². The molecule has 1 atom stereocenters. The topological polar surface area (TPSA) is 46.5 Å². The van der Waals surface area contributed by atoms with E-state index in [1.165, 1.54) is 0 Å². The Morgan fingerprint density at radius 1 is 1.19 bits per heavy atom. The van der Waals surface area contributed by atoms with E-state index in [1.54, 1.807) is 13.8 Å². The number of esters is 1. The van der Waals surface area contributed by atoms with Gasteiger partial charge in [-0.1, -0.05) is 25.7 Å². The number of aliphatic hydroxyl groups excluding tert-OH is 1. The van der Waals surface area contributed by atoms with Gasteiger partial charge in [-0.15, -0.1) is 0 Å². The number of carbonyl (C=O) groups is 1. The van der Waals surface area contributed by atoms with Crippen molar-refractivity contribution >= 4 is 5.97 Å². The average molecular weight is 310 g/mol. The summed E-state index contributed by atoms with van der Waals surface area (Å²) in [6, 6.07) is 0. The first-order valence-electron chi connectivity index (χ1n) is 7.36. The van der Waals surface area contributed by atoms with Crippen LogP contribution in [0.15, 0.2) is 11.8 Å². The van der Waals surface area contributed by atoms with Crippen molar-refractivity contribution < 1.29 is 27.8 Å². The summed E-state index contributed by atoms with van der Waals surface area (Å²) in [5.74, 6) is -0.831. The van der Waals surface area contributed by atoms with Gasteiger partial charge >= 0.3 is 12.1 Å². The number of ether oxygens (including phenoxy) is 1. The molecule has 0 heterocycles. The van der Waals surface area contributed by atoms with Crippen molar-refractivity contribution in [2.24, 2.45) is 5.92 Å². The first-order chi connectivity index (χ1) is 9.81. The lowest BCUT2D eigenvalue weighted by Crippen LogP contribution is -2.19. The fourth-order valence-electron chi connectivity index (χ4n) is 2.07. The number of rotatable bonds is 10. The van der Waals surface area contributed by atoms with Crippen LogP contribution in [0.4, 0.5) is 13.2 Å². The summed E-state index contributed by atoms with van der Waals surface area (Å²) in [6.45, 7) is 3.66. The van der Waals surface area contributed by atoms with Crippen molar-refractivity contribution in [3.8, 4) is 0 Å². The predicted molar refractivity (Wildman–Crippen MR) is 74.9 cm³/mol. The molecule has 0 saturated heterocycles. The van der Waals surface area contributed by atoms with Crippen LogP contribution in [0, 0.1) is 5.92 Å². The highest BCUT2D eigenvalue weighted by Gasteiger charge is 2.25. The van der Waals surface area contributed by atoms with Gasteiger partial charge in [0, 0.05) is 6.42 Å². The highest BCUT2D eigenvalue weighted by Crippen LogP contribution is 2.24. The number of carbonyl (C=O) groups excluding carboxylic acids is 1. The van der Waals surface area contributed by atoms with E-state index < -0.39 is 18.5 Å². The van der Waals surface area contributed by atoms with Gasteiger partial charge in [0.25, 0.3) is 0 Å². The maximum absolute atomic E-state index is 11.9. The molecule has 0 aromatic carbocycles. The molecule has 21 heavy (non-hydrogen) atoms. The molecule has 6 heteroatoms. The van der Waals surface area contributed by atoms with Crippen molar-refractivity contribution in [3.05, 3.63) is 11.8 Å².